The molecule has 0 bridgehead atoms. The minimum Gasteiger partial charge on any atom is -0.462 e. The summed E-state index contributed by atoms with van der Waals surface area (Å²) in [6.07, 6.45) is 110. The molecule has 91 heavy (non-hydrogen) atoms. The van der Waals surface area contributed by atoms with Gasteiger partial charge >= 0.3 is 19.8 Å². The van der Waals surface area contributed by atoms with Crippen molar-refractivity contribution in [3.63, 3.8) is 0 Å². The van der Waals surface area contributed by atoms with Crippen molar-refractivity contribution < 1.29 is 37.6 Å². The molecular weight excluding hydrogens is 1150 g/mol. The van der Waals surface area contributed by atoms with Gasteiger partial charge in [-0.25, -0.2) is 4.57 Å². The van der Waals surface area contributed by atoms with Crippen molar-refractivity contribution in [2.75, 3.05) is 26.4 Å². The zero-order valence-corrected chi connectivity index (χ0v) is 58.9. The van der Waals surface area contributed by atoms with Crippen molar-refractivity contribution in [1.29, 1.82) is 0 Å². The fourth-order valence-corrected chi connectivity index (χ4v) is 10.5. The van der Waals surface area contributed by atoms with Crippen LogP contribution in [0.15, 0.2) is 170 Å². The van der Waals surface area contributed by atoms with Gasteiger partial charge in [0.2, 0.25) is 0 Å². The molecule has 9 nitrogen and oxygen atoms in total. The number of allylic oxidation sites excluding steroid dienone is 28. The van der Waals surface area contributed by atoms with Crippen LogP contribution in [-0.4, -0.2) is 49.3 Å². The van der Waals surface area contributed by atoms with Gasteiger partial charge in [-0.05, 0) is 128 Å². The summed E-state index contributed by atoms with van der Waals surface area (Å²) < 4.78 is 33.2. The smallest absolute Gasteiger partial charge is 0.462 e. The molecule has 0 saturated heterocycles. The van der Waals surface area contributed by atoms with E-state index in [9.17, 15) is 19.0 Å². The fraction of sp³-hybridized carbons (Fsp3) is 0.630. The molecule has 0 rings (SSSR count). The topological polar surface area (TPSA) is 134 Å². The van der Waals surface area contributed by atoms with Crippen molar-refractivity contribution in [2.24, 2.45) is 5.73 Å². The maximum atomic E-state index is 12.8. The van der Waals surface area contributed by atoms with Gasteiger partial charge in [0.05, 0.1) is 13.2 Å². The minimum atomic E-state index is -4.41. The molecule has 0 fully saturated rings. The minimum absolute atomic E-state index is 0.0459. The Bertz CT molecular complexity index is 2100. The van der Waals surface area contributed by atoms with Gasteiger partial charge in [-0.3, -0.25) is 18.6 Å². The van der Waals surface area contributed by atoms with Gasteiger partial charge in [0.15, 0.2) is 6.10 Å². The van der Waals surface area contributed by atoms with Crippen LogP contribution in [0.25, 0.3) is 0 Å². The maximum absolute atomic E-state index is 12.8. The summed E-state index contributed by atoms with van der Waals surface area (Å²) in [4.78, 5) is 35.4. The third-order valence-corrected chi connectivity index (χ3v) is 16.1. The van der Waals surface area contributed by atoms with Crippen molar-refractivity contribution in [3.05, 3.63) is 170 Å². The largest absolute Gasteiger partial charge is 0.472 e. The number of unbranched alkanes of at least 4 members (excludes halogenated alkanes) is 26. The Morgan fingerprint density at radius 2 is 0.571 bits per heavy atom. The lowest BCUT2D eigenvalue weighted by atomic mass is 10.0. The molecule has 0 radical (unpaired) electrons. The molecule has 3 N–H and O–H groups in total. The number of carbonyl (C=O) groups is 2. The second kappa shape index (κ2) is 74.4. The molecular formula is C81H134NO8P. The first-order chi connectivity index (χ1) is 44.8. The van der Waals surface area contributed by atoms with Gasteiger partial charge in [-0.1, -0.05) is 325 Å². The number of nitrogens with two attached hydrogens (primary N) is 1. The zero-order valence-electron chi connectivity index (χ0n) is 58.0. The summed E-state index contributed by atoms with van der Waals surface area (Å²) in [5.74, 6) is -0.835. The molecule has 0 aliphatic heterocycles. The Balaban J connectivity index is 3.92. The van der Waals surface area contributed by atoms with Crippen molar-refractivity contribution in [2.45, 2.75) is 302 Å². The highest BCUT2D eigenvalue weighted by atomic mass is 31.2. The van der Waals surface area contributed by atoms with Crippen LogP contribution >= 0.6 is 7.82 Å². The first-order valence-corrected chi connectivity index (χ1v) is 38.1. The van der Waals surface area contributed by atoms with E-state index < -0.39 is 26.5 Å². The number of esters is 2. The summed E-state index contributed by atoms with van der Waals surface area (Å²) in [6.45, 7) is 3.52. The van der Waals surface area contributed by atoms with E-state index in [1.807, 2.05) is 0 Å². The van der Waals surface area contributed by atoms with Crippen LogP contribution in [0.4, 0.5) is 0 Å². The predicted octanol–water partition coefficient (Wildman–Crippen LogP) is 24.5. The Morgan fingerprint density at radius 1 is 0.330 bits per heavy atom. The number of phosphoric acid groups is 1. The third-order valence-electron chi connectivity index (χ3n) is 15.1. The number of phosphoric ester groups is 1. The van der Waals surface area contributed by atoms with Gasteiger partial charge < -0.3 is 20.1 Å². The van der Waals surface area contributed by atoms with E-state index in [1.165, 1.54) is 128 Å². The van der Waals surface area contributed by atoms with Crippen LogP contribution in [0.1, 0.15) is 296 Å². The lowest BCUT2D eigenvalue weighted by molar-refractivity contribution is -0.161. The lowest BCUT2D eigenvalue weighted by Gasteiger charge is -2.19. The summed E-state index contributed by atoms with van der Waals surface area (Å²) in [5, 5.41) is 0. The average molecular weight is 1280 g/mol. The molecule has 0 heterocycles. The molecule has 10 heteroatoms. The van der Waals surface area contributed by atoms with Crippen molar-refractivity contribution in [1.82, 2.24) is 0 Å². The highest BCUT2D eigenvalue weighted by molar-refractivity contribution is 7.47. The normalized spacial score (nSPS) is 13.9. The molecule has 0 amide bonds. The quantitative estimate of drug-likeness (QED) is 0.0264. The van der Waals surface area contributed by atoms with E-state index in [0.717, 1.165) is 135 Å². The van der Waals surface area contributed by atoms with E-state index in [2.05, 4.69) is 184 Å². The molecule has 2 unspecified atom stereocenters. The molecule has 0 aromatic carbocycles. The SMILES string of the molecule is CC/C=C\C/C=C\C/C=C\C/C=C\C/C=C\C/C=C\C/C=C\C/C=C\CCCCCCCCCCCCC(=O)OC(COC(=O)CCCCCCCCCCCCCCCCCC/C=C\C/C=C\C/C=C\C/C=C\C/C=C\C/C=C\CC)COP(=O)(O)OCCN. The molecule has 516 valence electrons. The van der Waals surface area contributed by atoms with Gasteiger partial charge in [0.1, 0.15) is 6.61 Å². The van der Waals surface area contributed by atoms with Crippen molar-refractivity contribution in [3.8, 4) is 0 Å². The van der Waals surface area contributed by atoms with Gasteiger partial charge in [-0.2, -0.15) is 0 Å². The van der Waals surface area contributed by atoms with Crippen LogP contribution in [0.3, 0.4) is 0 Å². The van der Waals surface area contributed by atoms with Crippen LogP contribution in [-0.2, 0) is 32.7 Å². The Morgan fingerprint density at radius 3 is 0.846 bits per heavy atom. The maximum Gasteiger partial charge on any atom is 0.472 e. The molecule has 0 aromatic heterocycles. The van der Waals surface area contributed by atoms with Gasteiger partial charge in [0, 0.05) is 19.4 Å². The highest BCUT2D eigenvalue weighted by Crippen LogP contribution is 2.43. The first-order valence-electron chi connectivity index (χ1n) is 36.6. The fourth-order valence-electron chi connectivity index (χ4n) is 9.78. The first kappa shape index (κ1) is 86.4. The Kier molecular flexibility index (Phi) is 70.6. The Hall–Kier alpha value is -4.63. The molecule has 0 spiro atoms. The van der Waals surface area contributed by atoms with Crippen LogP contribution < -0.4 is 5.73 Å². The lowest BCUT2D eigenvalue weighted by Crippen LogP contribution is -2.29. The van der Waals surface area contributed by atoms with Crippen LogP contribution in [0.5, 0.6) is 0 Å². The number of hydrogen-bond donors (Lipinski definition) is 2. The van der Waals surface area contributed by atoms with E-state index >= 15 is 0 Å². The Labute approximate surface area is 559 Å². The van der Waals surface area contributed by atoms with Crippen LogP contribution in [0, 0.1) is 0 Å². The summed E-state index contributed by atoms with van der Waals surface area (Å²) in [6, 6.07) is 0. The molecule has 0 aliphatic rings. The summed E-state index contributed by atoms with van der Waals surface area (Å²) in [5.41, 5.74) is 5.41. The molecule has 0 aliphatic carbocycles. The average Bonchev–Trinajstić information content (AvgIpc) is 3.68. The monoisotopic (exact) mass is 1280 g/mol. The second-order valence-electron chi connectivity index (χ2n) is 23.7. The molecule has 0 saturated carbocycles. The van der Waals surface area contributed by atoms with Gasteiger partial charge in [-0.15, -0.1) is 0 Å². The standard InChI is InChI=1S/C81H134NO8P/c1-3-5-7-9-11-13-15-17-19-21-23-25-27-29-31-33-35-37-39-41-43-45-47-49-51-53-55-57-59-61-63-65-67-69-71-73-80(83)87-77-79(78-89-91(85,86)88-76-75-82)90-81(84)74-72-70-68-66-64-62-60-58-56-54-52-50-48-46-44-42-40-38-36-34-32-30-28-26-24-22-20-18-16-14-12-10-8-6-4-2/h5-8,11-14,17-20,23-26,29-32,35-38,42,44,48,50,79H,3-4,9-10,15-16,21-22,27-28,33-34,39-41,43,45-47,49,51-78,82H2,1-2H3,(H,85,86)/b7-5-,8-6-,13-11-,14-12-,19-17-,20-18-,25-23-,26-24-,31-29-,32-30-,37-35-,38-36-,44-42-,50-48-. The number of rotatable bonds is 67. The van der Waals surface area contributed by atoms with Crippen LogP contribution in [0.2, 0.25) is 0 Å². The van der Waals surface area contributed by atoms with Crippen molar-refractivity contribution >= 4 is 19.8 Å². The summed E-state index contributed by atoms with van der Waals surface area (Å²) in [7, 11) is -4.41. The second-order valence-corrected chi connectivity index (χ2v) is 25.1. The zero-order chi connectivity index (χ0) is 65.8. The molecule has 2 atom stereocenters. The number of ether oxygens (including phenoxy) is 2. The molecule has 0 aromatic rings. The number of hydrogen-bond acceptors (Lipinski definition) is 8. The number of carbonyl (C=O) groups excluding carboxylic acids is 2. The predicted molar refractivity (Wildman–Crippen MR) is 394 cm³/mol. The van der Waals surface area contributed by atoms with Gasteiger partial charge in [0.25, 0.3) is 0 Å². The van der Waals surface area contributed by atoms with E-state index in [1.54, 1.807) is 0 Å². The summed E-state index contributed by atoms with van der Waals surface area (Å²) >= 11 is 0. The third kappa shape index (κ3) is 74.3. The van der Waals surface area contributed by atoms with E-state index in [4.69, 9.17) is 24.3 Å². The highest BCUT2D eigenvalue weighted by Gasteiger charge is 2.26. The van der Waals surface area contributed by atoms with E-state index in [0.29, 0.717) is 6.42 Å². The van der Waals surface area contributed by atoms with E-state index in [-0.39, 0.29) is 38.6 Å².